The molecule has 140 valence electrons. The Morgan fingerprint density at radius 3 is 2.31 bits per heavy atom. The minimum atomic E-state index is -0.0857. The summed E-state index contributed by atoms with van der Waals surface area (Å²) in [7, 11) is 0.577. The van der Waals surface area contributed by atoms with E-state index in [1.54, 1.807) is 0 Å². The molecular weight excluding hydrogens is 337 g/mol. The van der Waals surface area contributed by atoms with Gasteiger partial charge in [0, 0.05) is 16.9 Å². The molecule has 2 aromatic carbocycles. The Balaban J connectivity index is 2.49. The van der Waals surface area contributed by atoms with Crippen LogP contribution >= 0.6 is 8.58 Å². The molecule has 2 aromatic rings. The Hall–Kier alpha value is -1.66. The topological polar surface area (TPSA) is 32.6 Å². The zero-order valence-corrected chi connectivity index (χ0v) is 17.9. The molecule has 0 bridgehead atoms. The molecule has 0 heterocycles. The molecule has 1 unspecified atom stereocenters. The lowest BCUT2D eigenvalue weighted by molar-refractivity contribution is 0.448. The fourth-order valence-electron chi connectivity index (χ4n) is 3.15. The maximum absolute atomic E-state index is 10.6. The van der Waals surface area contributed by atoms with Crippen molar-refractivity contribution in [2.45, 2.75) is 65.1 Å². The average molecular weight is 369 g/mol. The summed E-state index contributed by atoms with van der Waals surface area (Å²) in [5.74, 6) is 0.410. The number of rotatable bonds is 6. The minimum Gasteiger partial charge on any atom is -0.508 e. The lowest BCUT2D eigenvalue weighted by Gasteiger charge is -2.34. The van der Waals surface area contributed by atoms with Crippen LogP contribution in [0.15, 0.2) is 47.5 Å². The van der Waals surface area contributed by atoms with E-state index in [-0.39, 0.29) is 10.7 Å². The van der Waals surface area contributed by atoms with E-state index in [0.29, 0.717) is 14.3 Å². The van der Waals surface area contributed by atoms with Crippen LogP contribution in [0, 0.1) is 6.92 Å². The first-order valence-corrected chi connectivity index (χ1v) is 10.4. The Morgan fingerprint density at radius 2 is 1.69 bits per heavy atom. The Kier molecular flexibility index (Phi) is 6.64. The highest BCUT2D eigenvalue weighted by atomic mass is 31.1. The number of aliphatic imine (C=N–C) groups is 1. The molecule has 0 aliphatic heterocycles. The van der Waals surface area contributed by atoms with Crippen molar-refractivity contribution in [3.8, 4) is 5.75 Å². The number of phenols is 1. The van der Waals surface area contributed by atoms with E-state index in [2.05, 4.69) is 71.9 Å². The first-order valence-electron chi connectivity index (χ1n) is 9.43. The lowest BCUT2D eigenvalue weighted by atomic mass is 9.91. The Labute approximate surface area is 160 Å². The predicted octanol–water partition coefficient (Wildman–Crippen LogP) is 5.94. The number of phenolic OH excluding ortho intramolecular Hbond substituents is 1. The van der Waals surface area contributed by atoms with Gasteiger partial charge in [-0.25, -0.2) is 0 Å². The first-order chi connectivity index (χ1) is 12.2. The van der Waals surface area contributed by atoms with E-state index in [1.165, 1.54) is 16.4 Å². The third kappa shape index (κ3) is 4.95. The zero-order valence-electron chi connectivity index (χ0n) is 16.9. The van der Waals surface area contributed by atoms with Gasteiger partial charge in [0.1, 0.15) is 5.75 Å². The van der Waals surface area contributed by atoms with Crippen LogP contribution in [0.2, 0.25) is 0 Å². The van der Waals surface area contributed by atoms with Gasteiger partial charge in [0.2, 0.25) is 0 Å². The number of hydrogen-bond acceptors (Lipinski definition) is 2. The number of nitrogens with zero attached hydrogens (tertiary/aromatic N) is 1. The number of benzene rings is 2. The van der Waals surface area contributed by atoms with Crippen LogP contribution in [0.3, 0.4) is 0 Å². The van der Waals surface area contributed by atoms with Crippen molar-refractivity contribution in [3.63, 3.8) is 0 Å². The van der Waals surface area contributed by atoms with E-state index in [1.807, 2.05) is 18.3 Å². The third-order valence-electron chi connectivity index (χ3n) is 4.80. The summed E-state index contributed by atoms with van der Waals surface area (Å²) in [4.78, 5) is 4.70. The molecule has 0 aliphatic rings. The van der Waals surface area contributed by atoms with Gasteiger partial charge in [0.15, 0.2) is 0 Å². The van der Waals surface area contributed by atoms with Crippen molar-refractivity contribution in [3.05, 3.63) is 59.2 Å². The summed E-state index contributed by atoms with van der Waals surface area (Å²) < 4.78 is 0. The molecule has 0 aromatic heterocycles. The highest BCUT2D eigenvalue weighted by Gasteiger charge is 2.32. The number of aryl methyl sites for hydroxylation is 1. The highest BCUT2D eigenvalue weighted by Crippen LogP contribution is 2.50. The van der Waals surface area contributed by atoms with Crippen LogP contribution in [-0.2, 0) is 5.16 Å². The summed E-state index contributed by atoms with van der Waals surface area (Å²) >= 11 is 0. The van der Waals surface area contributed by atoms with Crippen LogP contribution in [0.25, 0.3) is 0 Å². The van der Waals surface area contributed by atoms with Crippen molar-refractivity contribution >= 4 is 20.1 Å². The van der Waals surface area contributed by atoms with E-state index in [4.69, 9.17) is 4.99 Å². The molecule has 1 N–H and O–H groups in total. The molecule has 0 aliphatic carbocycles. The molecule has 3 heteroatoms. The summed E-state index contributed by atoms with van der Waals surface area (Å²) in [6.45, 7) is 12.9. The molecule has 0 amide bonds. The predicted molar refractivity (Wildman–Crippen MR) is 117 cm³/mol. The van der Waals surface area contributed by atoms with Crippen molar-refractivity contribution in [1.82, 2.24) is 0 Å². The largest absolute Gasteiger partial charge is 0.508 e. The van der Waals surface area contributed by atoms with Crippen molar-refractivity contribution in [1.29, 1.82) is 0 Å². The SMILES string of the molecule is CCC(CC)(Pc1ccccc1C=NC(C)(C)C)c1cc(C)ccc1O. The molecule has 0 spiro atoms. The van der Waals surface area contributed by atoms with Crippen molar-refractivity contribution in [2.24, 2.45) is 4.99 Å². The van der Waals surface area contributed by atoms with Crippen LogP contribution in [0.4, 0.5) is 0 Å². The maximum Gasteiger partial charge on any atom is 0.119 e. The van der Waals surface area contributed by atoms with Gasteiger partial charge in [-0.3, -0.25) is 4.99 Å². The van der Waals surface area contributed by atoms with Crippen molar-refractivity contribution in [2.75, 3.05) is 0 Å². The van der Waals surface area contributed by atoms with Gasteiger partial charge in [-0.15, -0.1) is 0 Å². The lowest BCUT2D eigenvalue weighted by Crippen LogP contribution is -2.23. The second-order valence-electron chi connectivity index (χ2n) is 7.95. The van der Waals surface area contributed by atoms with Gasteiger partial charge >= 0.3 is 0 Å². The quantitative estimate of drug-likeness (QED) is 0.496. The molecule has 0 saturated carbocycles. The van der Waals surface area contributed by atoms with E-state index in [0.717, 1.165) is 18.4 Å². The summed E-state index contributed by atoms with van der Waals surface area (Å²) in [6, 6.07) is 14.5. The third-order valence-corrected chi connectivity index (χ3v) is 6.98. The van der Waals surface area contributed by atoms with Crippen LogP contribution in [0.1, 0.15) is 64.2 Å². The van der Waals surface area contributed by atoms with Crippen molar-refractivity contribution < 1.29 is 5.11 Å². The second-order valence-corrected chi connectivity index (χ2v) is 9.70. The van der Waals surface area contributed by atoms with E-state index < -0.39 is 0 Å². The zero-order chi connectivity index (χ0) is 19.4. The normalized spacial score (nSPS) is 13.2. The molecule has 0 saturated heterocycles. The van der Waals surface area contributed by atoms with Gasteiger partial charge in [-0.2, -0.15) is 0 Å². The summed E-state index contributed by atoms with van der Waals surface area (Å²) in [6.07, 6.45) is 3.99. The van der Waals surface area contributed by atoms with Gasteiger partial charge in [-0.05, 0) is 57.5 Å². The summed E-state index contributed by atoms with van der Waals surface area (Å²) in [5, 5.41) is 11.8. The maximum atomic E-state index is 10.6. The number of aromatic hydroxyl groups is 1. The molecule has 2 rings (SSSR count). The van der Waals surface area contributed by atoms with Gasteiger partial charge < -0.3 is 5.11 Å². The molecule has 0 radical (unpaired) electrons. The smallest absolute Gasteiger partial charge is 0.119 e. The monoisotopic (exact) mass is 369 g/mol. The number of hydrogen-bond donors (Lipinski definition) is 1. The molecule has 26 heavy (non-hydrogen) atoms. The fraction of sp³-hybridized carbons (Fsp3) is 0.435. The van der Waals surface area contributed by atoms with Gasteiger partial charge in [0.05, 0.1) is 5.54 Å². The Bertz CT molecular complexity index is 770. The standard InChI is InChI=1S/C23H32NOP/c1-7-23(8-2,19-15-17(3)13-14-20(19)25)26-21-12-10-9-11-18(21)16-24-22(4,5)6/h9-16,25-26H,7-8H2,1-6H3. The first kappa shape index (κ1) is 20.6. The van der Waals surface area contributed by atoms with Gasteiger partial charge in [0.25, 0.3) is 0 Å². The Morgan fingerprint density at radius 1 is 1.04 bits per heavy atom. The molecule has 0 fully saturated rings. The van der Waals surface area contributed by atoms with E-state index in [9.17, 15) is 5.11 Å². The highest BCUT2D eigenvalue weighted by molar-refractivity contribution is 7.48. The van der Waals surface area contributed by atoms with E-state index >= 15 is 0 Å². The van der Waals surface area contributed by atoms with Crippen LogP contribution in [0.5, 0.6) is 5.75 Å². The van der Waals surface area contributed by atoms with Crippen LogP contribution in [-0.4, -0.2) is 16.9 Å². The van der Waals surface area contributed by atoms with Crippen LogP contribution < -0.4 is 5.30 Å². The average Bonchev–Trinajstić information content (AvgIpc) is 2.60. The molecule has 1 atom stereocenters. The minimum absolute atomic E-state index is 0.0538. The molecular formula is C23H32NOP. The molecule has 2 nitrogen and oxygen atoms in total. The second kappa shape index (κ2) is 8.35. The fourth-order valence-corrected chi connectivity index (χ4v) is 4.83. The summed E-state index contributed by atoms with van der Waals surface area (Å²) in [5.41, 5.74) is 3.36. The van der Waals surface area contributed by atoms with Gasteiger partial charge in [-0.1, -0.05) is 64.4 Å².